The second-order valence-electron chi connectivity index (χ2n) is 8.30. The summed E-state index contributed by atoms with van der Waals surface area (Å²) in [7, 11) is 3.97. The van der Waals surface area contributed by atoms with Gasteiger partial charge < -0.3 is 15.1 Å². The van der Waals surface area contributed by atoms with E-state index in [2.05, 4.69) is 4.90 Å². The van der Waals surface area contributed by atoms with Crippen LogP contribution in [0.15, 0.2) is 60.7 Å². The summed E-state index contributed by atoms with van der Waals surface area (Å²) < 4.78 is 0. The molecule has 0 saturated carbocycles. The number of carbonyl (C=O) groups is 4. The molecule has 1 heterocycles. The third kappa shape index (κ3) is 9.35. The van der Waals surface area contributed by atoms with Crippen LogP contribution in [0, 0.1) is 5.92 Å². The Morgan fingerprint density at radius 1 is 0.886 bits per heavy atom. The molecule has 0 unspecified atom stereocenters. The maximum Gasteiger partial charge on any atom is 0.328 e. The summed E-state index contributed by atoms with van der Waals surface area (Å²) in [4.78, 5) is 48.4. The van der Waals surface area contributed by atoms with E-state index in [1.807, 2.05) is 43.3 Å². The molecule has 2 N–H and O–H groups in total. The van der Waals surface area contributed by atoms with Gasteiger partial charge in [0.05, 0.1) is 6.54 Å². The van der Waals surface area contributed by atoms with Crippen molar-refractivity contribution in [2.24, 2.45) is 5.92 Å². The van der Waals surface area contributed by atoms with Crippen molar-refractivity contribution >= 4 is 40.8 Å². The van der Waals surface area contributed by atoms with Crippen molar-refractivity contribution in [3.05, 3.63) is 76.8 Å². The Labute approximate surface area is 209 Å². The third-order valence-corrected chi connectivity index (χ3v) is 5.78. The average molecular weight is 501 g/mol. The molecule has 1 saturated heterocycles. The lowest BCUT2D eigenvalue weighted by Gasteiger charge is -2.30. The zero-order valence-corrected chi connectivity index (χ0v) is 20.4. The van der Waals surface area contributed by atoms with Crippen LogP contribution in [0.25, 0.3) is 0 Å². The molecule has 0 spiro atoms. The summed E-state index contributed by atoms with van der Waals surface area (Å²) in [6, 6.07) is 14.8. The van der Waals surface area contributed by atoms with Crippen molar-refractivity contribution in [1.29, 1.82) is 0 Å². The summed E-state index contributed by atoms with van der Waals surface area (Å²) in [5.41, 5.74) is 2.54. The van der Waals surface area contributed by atoms with Gasteiger partial charge in [-0.2, -0.15) is 0 Å². The van der Waals surface area contributed by atoms with E-state index in [0.717, 1.165) is 37.2 Å². The molecule has 0 radical (unpaired) electrons. The van der Waals surface area contributed by atoms with Crippen LogP contribution in [-0.2, 0) is 9.59 Å². The maximum atomic E-state index is 12.8. The fourth-order valence-electron chi connectivity index (χ4n) is 3.59. The van der Waals surface area contributed by atoms with Crippen LogP contribution in [0.3, 0.4) is 0 Å². The zero-order valence-electron chi connectivity index (χ0n) is 19.7. The van der Waals surface area contributed by atoms with Gasteiger partial charge in [0.15, 0.2) is 11.6 Å². The van der Waals surface area contributed by atoms with E-state index in [1.165, 1.54) is 0 Å². The molecule has 9 heteroatoms. The van der Waals surface area contributed by atoms with Gasteiger partial charge in [0, 0.05) is 54.0 Å². The Balaban J connectivity index is 0.000000466. The molecule has 3 rings (SSSR count). The fourth-order valence-corrected chi connectivity index (χ4v) is 3.71. The molecule has 1 fully saturated rings. The number of nitrogens with zero attached hydrogens (tertiary/aromatic N) is 2. The number of halogens is 1. The number of likely N-dealkylation sites (tertiary alicyclic amines) is 1. The van der Waals surface area contributed by atoms with Gasteiger partial charge in [-0.15, -0.1) is 0 Å². The summed E-state index contributed by atoms with van der Waals surface area (Å²) in [6.45, 7) is 1.93. The smallest absolute Gasteiger partial charge is 0.328 e. The molecule has 186 valence electrons. The minimum atomic E-state index is -1.26. The van der Waals surface area contributed by atoms with Crippen molar-refractivity contribution in [1.82, 2.24) is 4.90 Å². The standard InChI is InChI=1S/C22H25ClN2O2.C4H4O4/c1-24(2)20-9-5-17(6-10-20)22(27)18-11-13-25(14-12-18)15-21(26)16-3-7-19(23)8-4-16;5-3(6)1-2-4(7)8/h3-10,18H,11-15H2,1-2H3;1-2H,(H,5,6)(H,7,8)/b;2-1+. The third-order valence-electron chi connectivity index (χ3n) is 5.53. The predicted octanol–water partition coefficient (Wildman–Crippen LogP) is 3.90. The van der Waals surface area contributed by atoms with Crippen molar-refractivity contribution in [2.75, 3.05) is 38.6 Å². The van der Waals surface area contributed by atoms with E-state index in [-0.39, 0.29) is 17.5 Å². The van der Waals surface area contributed by atoms with E-state index in [1.54, 1.807) is 24.3 Å². The first-order valence-electron chi connectivity index (χ1n) is 11.0. The van der Waals surface area contributed by atoms with Crippen molar-refractivity contribution in [3.8, 4) is 0 Å². The van der Waals surface area contributed by atoms with Gasteiger partial charge in [-0.05, 0) is 74.5 Å². The highest BCUT2D eigenvalue weighted by molar-refractivity contribution is 6.30. The highest BCUT2D eigenvalue weighted by Crippen LogP contribution is 2.23. The van der Waals surface area contributed by atoms with E-state index < -0.39 is 11.9 Å². The van der Waals surface area contributed by atoms with Crippen LogP contribution < -0.4 is 4.90 Å². The summed E-state index contributed by atoms with van der Waals surface area (Å²) in [5, 5.41) is 16.3. The Morgan fingerprint density at radius 3 is 1.83 bits per heavy atom. The number of anilines is 1. The van der Waals surface area contributed by atoms with Crippen molar-refractivity contribution < 1.29 is 29.4 Å². The normalized spacial score (nSPS) is 14.1. The Morgan fingerprint density at radius 2 is 1.37 bits per heavy atom. The van der Waals surface area contributed by atoms with Crippen molar-refractivity contribution in [3.63, 3.8) is 0 Å². The number of carboxylic acid groups (broad SMARTS) is 2. The Bertz CT molecular complexity index is 1040. The number of piperidine rings is 1. The van der Waals surface area contributed by atoms with Gasteiger partial charge in [0.25, 0.3) is 0 Å². The van der Waals surface area contributed by atoms with Gasteiger partial charge >= 0.3 is 11.9 Å². The number of ketones is 2. The molecule has 1 aliphatic heterocycles. The molecule has 0 aromatic heterocycles. The lowest BCUT2D eigenvalue weighted by molar-refractivity contribution is -0.134. The Hall–Kier alpha value is -3.49. The molecule has 8 nitrogen and oxygen atoms in total. The number of Topliss-reactive ketones (excluding diaryl/α,β-unsaturated/α-hetero) is 2. The SMILES string of the molecule is CN(C)c1ccc(C(=O)C2CCN(CC(=O)c3ccc(Cl)cc3)CC2)cc1.O=C(O)/C=C/C(=O)O. The lowest BCUT2D eigenvalue weighted by Crippen LogP contribution is -2.39. The van der Waals surface area contributed by atoms with Crippen LogP contribution in [-0.4, -0.2) is 72.3 Å². The molecule has 1 aliphatic rings. The first-order valence-corrected chi connectivity index (χ1v) is 11.4. The molecule has 2 aromatic carbocycles. The molecule has 35 heavy (non-hydrogen) atoms. The minimum Gasteiger partial charge on any atom is -0.478 e. The van der Waals surface area contributed by atoms with Gasteiger partial charge in [-0.25, -0.2) is 9.59 Å². The number of hydrogen-bond acceptors (Lipinski definition) is 6. The van der Waals surface area contributed by atoms with Gasteiger partial charge in [0.1, 0.15) is 0 Å². The number of carboxylic acids is 2. The minimum absolute atomic E-state index is 0.0390. The molecular formula is C26H29ClN2O6. The fraction of sp³-hybridized carbons (Fsp3) is 0.308. The van der Waals surface area contributed by atoms with Crippen molar-refractivity contribution in [2.45, 2.75) is 12.8 Å². The predicted molar refractivity (Wildman–Crippen MR) is 134 cm³/mol. The second-order valence-corrected chi connectivity index (χ2v) is 8.73. The number of carbonyl (C=O) groups excluding carboxylic acids is 2. The highest BCUT2D eigenvalue weighted by Gasteiger charge is 2.26. The summed E-state index contributed by atoms with van der Waals surface area (Å²) >= 11 is 5.87. The van der Waals surface area contributed by atoms with Crippen LogP contribution >= 0.6 is 11.6 Å². The van der Waals surface area contributed by atoms with E-state index in [9.17, 15) is 19.2 Å². The van der Waals surface area contributed by atoms with Crippen LogP contribution in [0.4, 0.5) is 5.69 Å². The van der Waals surface area contributed by atoms with Gasteiger partial charge in [0.2, 0.25) is 0 Å². The van der Waals surface area contributed by atoms with E-state index >= 15 is 0 Å². The topological polar surface area (TPSA) is 115 Å². The first-order chi connectivity index (χ1) is 16.6. The highest BCUT2D eigenvalue weighted by atomic mass is 35.5. The second kappa shape index (κ2) is 13.4. The number of benzene rings is 2. The van der Waals surface area contributed by atoms with Crippen LogP contribution in [0.5, 0.6) is 0 Å². The number of aliphatic carboxylic acids is 2. The summed E-state index contributed by atoms with van der Waals surface area (Å²) in [5.74, 6) is -2.17. The first kappa shape index (κ1) is 27.8. The average Bonchev–Trinajstić information content (AvgIpc) is 2.83. The molecule has 0 bridgehead atoms. The largest absolute Gasteiger partial charge is 0.478 e. The maximum absolute atomic E-state index is 12.8. The molecule has 0 amide bonds. The monoisotopic (exact) mass is 500 g/mol. The molecular weight excluding hydrogens is 472 g/mol. The van der Waals surface area contributed by atoms with Gasteiger partial charge in [-0.1, -0.05) is 11.6 Å². The quantitative estimate of drug-likeness (QED) is 0.414. The molecule has 2 aromatic rings. The Kier molecular flexibility index (Phi) is 10.6. The zero-order chi connectivity index (χ0) is 26.0. The molecule has 0 aliphatic carbocycles. The number of hydrogen-bond donors (Lipinski definition) is 2. The lowest BCUT2D eigenvalue weighted by atomic mass is 9.88. The number of rotatable bonds is 8. The molecule has 0 atom stereocenters. The van der Waals surface area contributed by atoms with E-state index in [0.29, 0.717) is 29.3 Å². The van der Waals surface area contributed by atoms with Crippen LogP contribution in [0.2, 0.25) is 5.02 Å². The van der Waals surface area contributed by atoms with Crippen LogP contribution in [0.1, 0.15) is 33.6 Å². The van der Waals surface area contributed by atoms with Gasteiger partial charge in [-0.3, -0.25) is 14.5 Å². The van der Waals surface area contributed by atoms with E-state index in [4.69, 9.17) is 21.8 Å². The summed E-state index contributed by atoms with van der Waals surface area (Å²) in [6.07, 6.45) is 2.70.